The van der Waals surface area contributed by atoms with E-state index in [-0.39, 0.29) is 17.0 Å². The molecule has 1 aromatic heterocycles. The molecule has 21 heavy (non-hydrogen) atoms. The van der Waals surface area contributed by atoms with Gasteiger partial charge in [-0.1, -0.05) is 30.3 Å². The molecule has 0 spiro atoms. The second kappa shape index (κ2) is 5.33. The lowest BCUT2D eigenvalue weighted by Crippen LogP contribution is -2.38. The Morgan fingerprint density at radius 3 is 2.52 bits per heavy atom. The Labute approximate surface area is 122 Å². The van der Waals surface area contributed by atoms with Gasteiger partial charge >= 0.3 is 0 Å². The summed E-state index contributed by atoms with van der Waals surface area (Å²) < 4.78 is 5.47. The van der Waals surface area contributed by atoms with Crippen LogP contribution in [0.25, 0.3) is 0 Å². The van der Waals surface area contributed by atoms with Gasteiger partial charge in [-0.25, -0.2) is 0 Å². The van der Waals surface area contributed by atoms with Crippen LogP contribution in [0.3, 0.4) is 0 Å². The van der Waals surface area contributed by atoms with Crippen LogP contribution in [0, 0.1) is 6.92 Å². The summed E-state index contributed by atoms with van der Waals surface area (Å²) in [6, 6.07) is 9.96. The van der Waals surface area contributed by atoms with Crippen molar-refractivity contribution in [2.75, 3.05) is 13.2 Å². The van der Waals surface area contributed by atoms with Gasteiger partial charge in [-0.2, -0.15) is 4.98 Å². The molecule has 0 amide bonds. The zero-order valence-electron chi connectivity index (χ0n) is 11.9. The quantitative estimate of drug-likeness (QED) is 0.884. The maximum Gasteiger partial charge on any atom is 0.257 e. The lowest BCUT2D eigenvalue weighted by atomic mass is 9.73. The zero-order valence-corrected chi connectivity index (χ0v) is 11.9. The van der Waals surface area contributed by atoms with Crippen LogP contribution in [0.1, 0.15) is 29.8 Å². The van der Waals surface area contributed by atoms with Crippen molar-refractivity contribution in [1.29, 1.82) is 0 Å². The third kappa shape index (κ3) is 2.34. The highest BCUT2D eigenvalue weighted by atomic mass is 16.5. The average Bonchev–Trinajstić information content (AvgIpc) is 2.53. The number of aromatic amines is 1. The number of aromatic hydroxyl groups is 1. The molecule has 0 saturated carbocycles. The van der Waals surface area contributed by atoms with Crippen LogP contribution in [0.2, 0.25) is 0 Å². The number of nitrogens with one attached hydrogen (secondary N) is 1. The molecular formula is C16H18N2O3. The molecule has 2 aromatic rings. The third-order valence-corrected chi connectivity index (χ3v) is 4.25. The van der Waals surface area contributed by atoms with Crippen molar-refractivity contribution in [2.24, 2.45) is 0 Å². The molecule has 1 fully saturated rings. The normalized spacial score (nSPS) is 17.6. The van der Waals surface area contributed by atoms with Gasteiger partial charge in [-0.3, -0.25) is 4.79 Å². The molecule has 3 rings (SSSR count). The van der Waals surface area contributed by atoms with Crippen LogP contribution in [0.4, 0.5) is 0 Å². The summed E-state index contributed by atoms with van der Waals surface area (Å²) in [6.45, 7) is 2.77. The minimum absolute atomic E-state index is 0.199. The van der Waals surface area contributed by atoms with Crippen LogP contribution in [-0.2, 0) is 10.2 Å². The van der Waals surface area contributed by atoms with Crippen LogP contribution < -0.4 is 5.56 Å². The molecule has 0 unspecified atom stereocenters. The largest absolute Gasteiger partial charge is 0.493 e. The molecule has 1 aromatic carbocycles. The lowest BCUT2D eigenvalue weighted by molar-refractivity contribution is 0.0601. The molecule has 1 aliphatic rings. The van der Waals surface area contributed by atoms with Gasteiger partial charge in [0.1, 0.15) is 5.82 Å². The van der Waals surface area contributed by atoms with Gasteiger partial charge in [-0.15, -0.1) is 0 Å². The molecule has 0 radical (unpaired) electrons. The highest BCUT2D eigenvalue weighted by Crippen LogP contribution is 2.39. The predicted octanol–water partition coefficient (Wildman–Crippen LogP) is 1.88. The maximum absolute atomic E-state index is 12.0. The van der Waals surface area contributed by atoms with Crippen molar-refractivity contribution in [3.63, 3.8) is 0 Å². The van der Waals surface area contributed by atoms with Gasteiger partial charge in [0.2, 0.25) is 5.88 Å². The van der Waals surface area contributed by atoms with Gasteiger partial charge in [0.15, 0.2) is 0 Å². The number of hydrogen-bond acceptors (Lipinski definition) is 4. The Morgan fingerprint density at radius 2 is 1.90 bits per heavy atom. The molecule has 110 valence electrons. The number of nitrogens with zero attached hydrogens (tertiary/aromatic N) is 1. The van der Waals surface area contributed by atoms with Crippen molar-refractivity contribution < 1.29 is 9.84 Å². The van der Waals surface area contributed by atoms with E-state index in [2.05, 4.69) is 9.97 Å². The molecule has 2 heterocycles. The van der Waals surface area contributed by atoms with E-state index in [1.165, 1.54) is 0 Å². The highest BCUT2D eigenvalue weighted by Gasteiger charge is 2.39. The molecule has 0 atom stereocenters. The van der Waals surface area contributed by atoms with Gasteiger partial charge in [-0.05, 0) is 25.3 Å². The van der Waals surface area contributed by atoms with E-state index in [4.69, 9.17) is 4.74 Å². The Balaban J connectivity index is 2.19. The molecule has 2 N–H and O–H groups in total. The minimum atomic E-state index is -0.413. The smallest absolute Gasteiger partial charge is 0.257 e. The second-order valence-electron chi connectivity index (χ2n) is 5.42. The first-order valence-electron chi connectivity index (χ1n) is 7.07. The number of rotatable bonds is 2. The fourth-order valence-corrected chi connectivity index (χ4v) is 2.89. The fourth-order valence-electron chi connectivity index (χ4n) is 2.89. The topological polar surface area (TPSA) is 75.2 Å². The fraction of sp³-hybridized carbons (Fsp3) is 0.375. The first-order chi connectivity index (χ1) is 10.1. The molecule has 5 heteroatoms. The van der Waals surface area contributed by atoms with Crippen molar-refractivity contribution in [3.05, 3.63) is 57.6 Å². The Kier molecular flexibility index (Phi) is 3.51. The summed E-state index contributed by atoms with van der Waals surface area (Å²) in [5.74, 6) is 0.320. The molecule has 0 bridgehead atoms. The van der Waals surface area contributed by atoms with Gasteiger partial charge < -0.3 is 14.8 Å². The summed E-state index contributed by atoms with van der Waals surface area (Å²) in [5.41, 5.74) is 0.622. The summed E-state index contributed by atoms with van der Waals surface area (Å²) >= 11 is 0. The van der Waals surface area contributed by atoms with Crippen molar-refractivity contribution in [2.45, 2.75) is 25.2 Å². The molecule has 5 nitrogen and oxygen atoms in total. The highest BCUT2D eigenvalue weighted by molar-refractivity contribution is 5.35. The number of hydrogen-bond donors (Lipinski definition) is 2. The second-order valence-corrected chi connectivity index (χ2v) is 5.42. The minimum Gasteiger partial charge on any atom is -0.493 e. The number of benzene rings is 1. The van der Waals surface area contributed by atoms with Gasteiger partial charge in [0.25, 0.3) is 5.56 Å². The first kappa shape index (κ1) is 13.8. The Morgan fingerprint density at radius 1 is 1.24 bits per heavy atom. The Hall–Kier alpha value is -2.14. The predicted molar refractivity (Wildman–Crippen MR) is 78.5 cm³/mol. The first-order valence-corrected chi connectivity index (χ1v) is 7.07. The van der Waals surface area contributed by atoms with Crippen LogP contribution in [0.15, 0.2) is 35.1 Å². The van der Waals surface area contributed by atoms with E-state index in [1.807, 2.05) is 30.3 Å². The molecular weight excluding hydrogens is 268 g/mol. The van der Waals surface area contributed by atoms with Crippen LogP contribution >= 0.6 is 0 Å². The average molecular weight is 286 g/mol. The molecule has 0 aliphatic carbocycles. The number of aromatic nitrogens is 2. The third-order valence-electron chi connectivity index (χ3n) is 4.25. The van der Waals surface area contributed by atoms with E-state index in [1.54, 1.807) is 6.92 Å². The van der Waals surface area contributed by atoms with E-state index >= 15 is 0 Å². The van der Waals surface area contributed by atoms with Crippen molar-refractivity contribution in [3.8, 4) is 5.88 Å². The summed E-state index contributed by atoms with van der Waals surface area (Å²) in [4.78, 5) is 19.1. The summed E-state index contributed by atoms with van der Waals surface area (Å²) in [6.07, 6.45) is 1.45. The SMILES string of the molecule is Cc1c(O)nc(C2(c3ccccc3)CCOCC2)[nH]c1=O. The maximum atomic E-state index is 12.0. The van der Waals surface area contributed by atoms with Crippen molar-refractivity contribution in [1.82, 2.24) is 9.97 Å². The lowest BCUT2D eigenvalue weighted by Gasteiger charge is -2.36. The van der Waals surface area contributed by atoms with Gasteiger partial charge in [0, 0.05) is 13.2 Å². The summed E-state index contributed by atoms with van der Waals surface area (Å²) in [7, 11) is 0. The summed E-state index contributed by atoms with van der Waals surface area (Å²) in [5, 5.41) is 9.91. The van der Waals surface area contributed by atoms with E-state index in [0.29, 0.717) is 19.0 Å². The van der Waals surface area contributed by atoms with Crippen molar-refractivity contribution >= 4 is 0 Å². The Bertz CT molecular complexity index is 688. The molecule has 1 aliphatic heterocycles. The van der Waals surface area contributed by atoms with Crippen LogP contribution in [0.5, 0.6) is 5.88 Å². The number of ether oxygens (including phenoxy) is 1. The zero-order chi connectivity index (χ0) is 14.9. The monoisotopic (exact) mass is 286 g/mol. The standard InChI is InChI=1S/C16H18N2O3/c1-11-13(19)17-15(18-14(11)20)16(7-9-21-10-8-16)12-5-3-2-4-6-12/h2-6H,7-10H2,1H3,(H2,17,18,19,20). The van der Waals surface area contributed by atoms with Crippen LogP contribution in [-0.4, -0.2) is 28.3 Å². The van der Waals surface area contributed by atoms with Gasteiger partial charge in [0.05, 0.1) is 11.0 Å². The number of H-pyrrole nitrogens is 1. The van der Waals surface area contributed by atoms with E-state index in [0.717, 1.165) is 18.4 Å². The molecule has 1 saturated heterocycles. The van der Waals surface area contributed by atoms with E-state index in [9.17, 15) is 9.90 Å². The van der Waals surface area contributed by atoms with E-state index < -0.39 is 5.41 Å².